The van der Waals surface area contributed by atoms with Crippen LogP contribution in [0.2, 0.25) is 0 Å². The van der Waals surface area contributed by atoms with Gasteiger partial charge in [-0.1, -0.05) is 30.3 Å². The highest BCUT2D eigenvalue weighted by molar-refractivity contribution is 5.98. The summed E-state index contributed by atoms with van der Waals surface area (Å²) >= 11 is 0. The van der Waals surface area contributed by atoms with Gasteiger partial charge in [0, 0.05) is 24.1 Å². The lowest BCUT2D eigenvalue weighted by Crippen LogP contribution is -2.30. The molecule has 128 valence electrons. The second kappa shape index (κ2) is 7.77. The van der Waals surface area contributed by atoms with Gasteiger partial charge in [0.05, 0.1) is 9.85 Å². The molecule has 0 aliphatic heterocycles. The third-order valence-corrected chi connectivity index (χ3v) is 3.31. The number of rotatable bonds is 8. The molecule has 0 fully saturated rings. The van der Waals surface area contributed by atoms with E-state index in [1.807, 2.05) is 0 Å². The lowest BCUT2D eigenvalue weighted by atomic mass is 10.0. The maximum absolute atomic E-state index is 12.3. The first-order chi connectivity index (χ1) is 11.9. The zero-order chi connectivity index (χ0) is 18.4. The van der Waals surface area contributed by atoms with E-state index < -0.39 is 33.8 Å². The molecule has 25 heavy (non-hydrogen) atoms. The third kappa shape index (κ3) is 4.22. The number of ether oxygens (including phenoxy) is 1. The Morgan fingerprint density at radius 1 is 1.00 bits per heavy atom. The SMILES string of the molecule is O=CC(Oc1ccccc1[N+](=O)[O-])C(=O)Cc1ccccc1[N+](=O)[O-]. The molecule has 0 saturated heterocycles. The molecule has 0 radical (unpaired) electrons. The van der Waals surface area contributed by atoms with Crippen molar-refractivity contribution < 1.29 is 24.2 Å². The van der Waals surface area contributed by atoms with Gasteiger partial charge >= 0.3 is 5.69 Å². The van der Waals surface area contributed by atoms with Gasteiger partial charge in [0.1, 0.15) is 0 Å². The molecular weight excluding hydrogens is 332 g/mol. The van der Waals surface area contributed by atoms with E-state index in [1.165, 1.54) is 48.5 Å². The van der Waals surface area contributed by atoms with Gasteiger partial charge in [-0.2, -0.15) is 0 Å². The Morgan fingerprint density at radius 2 is 1.56 bits per heavy atom. The average Bonchev–Trinajstić information content (AvgIpc) is 2.60. The molecule has 2 aromatic rings. The Hall–Kier alpha value is -3.62. The summed E-state index contributed by atoms with van der Waals surface area (Å²) in [6, 6.07) is 10.9. The fraction of sp³-hybridized carbons (Fsp3) is 0.125. The van der Waals surface area contributed by atoms with E-state index in [1.54, 1.807) is 0 Å². The summed E-state index contributed by atoms with van der Waals surface area (Å²) in [5.41, 5.74) is -0.533. The molecular formula is C16H12N2O7. The average molecular weight is 344 g/mol. The Bertz CT molecular complexity index is 835. The molecule has 0 spiro atoms. The molecule has 2 rings (SSSR count). The lowest BCUT2D eigenvalue weighted by molar-refractivity contribution is -0.386. The first-order valence-electron chi connectivity index (χ1n) is 7.04. The molecule has 1 unspecified atom stereocenters. The van der Waals surface area contributed by atoms with E-state index >= 15 is 0 Å². The zero-order valence-corrected chi connectivity index (χ0v) is 12.7. The summed E-state index contributed by atoms with van der Waals surface area (Å²) in [5.74, 6) is -0.983. The van der Waals surface area contributed by atoms with Crippen molar-refractivity contribution in [3.05, 3.63) is 74.3 Å². The molecule has 1 atom stereocenters. The highest BCUT2D eigenvalue weighted by atomic mass is 16.6. The molecule has 0 aromatic heterocycles. The number of carbonyl (C=O) groups is 2. The number of nitro benzene ring substituents is 2. The zero-order valence-electron chi connectivity index (χ0n) is 12.7. The van der Waals surface area contributed by atoms with Gasteiger partial charge < -0.3 is 4.74 Å². The van der Waals surface area contributed by atoms with Crippen molar-refractivity contribution in [2.75, 3.05) is 0 Å². The van der Waals surface area contributed by atoms with Crippen LogP contribution >= 0.6 is 0 Å². The summed E-state index contributed by atoms with van der Waals surface area (Å²) in [5, 5.41) is 21.9. The molecule has 0 saturated carbocycles. The number of ketones is 1. The van der Waals surface area contributed by atoms with Crippen molar-refractivity contribution in [2.24, 2.45) is 0 Å². The second-order valence-corrected chi connectivity index (χ2v) is 4.93. The van der Waals surface area contributed by atoms with Crippen molar-refractivity contribution in [3.8, 4) is 5.75 Å². The normalized spacial score (nSPS) is 11.4. The Balaban J connectivity index is 2.22. The number of benzene rings is 2. The maximum atomic E-state index is 12.3. The quantitative estimate of drug-likeness (QED) is 0.311. The van der Waals surface area contributed by atoms with Crippen molar-refractivity contribution in [1.29, 1.82) is 0 Å². The molecule has 0 aliphatic carbocycles. The minimum Gasteiger partial charge on any atom is -0.468 e. The first kappa shape index (κ1) is 17.7. The smallest absolute Gasteiger partial charge is 0.310 e. The molecule has 0 heterocycles. The minimum atomic E-state index is -1.61. The van der Waals surface area contributed by atoms with E-state index in [9.17, 15) is 29.8 Å². The van der Waals surface area contributed by atoms with Gasteiger partial charge in [0.25, 0.3) is 5.69 Å². The van der Waals surface area contributed by atoms with E-state index in [0.29, 0.717) is 0 Å². The van der Waals surface area contributed by atoms with Crippen LogP contribution < -0.4 is 4.74 Å². The van der Waals surface area contributed by atoms with Crippen molar-refractivity contribution >= 4 is 23.4 Å². The van der Waals surface area contributed by atoms with Crippen LogP contribution in [0.3, 0.4) is 0 Å². The summed E-state index contributed by atoms with van der Waals surface area (Å²) in [4.78, 5) is 44.0. The van der Waals surface area contributed by atoms with Gasteiger partial charge in [-0.15, -0.1) is 0 Å². The number of para-hydroxylation sites is 3. The Kier molecular flexibility index (Phi) is 5.51. The Morgan fingerprint density at radius 3 is 2.16 bits per heavy atom. The summed E-state index contributed by atoms with van der Waals surface area (Å²) in [7, 11) is 0. The van der Waals surface area contributed by atoms with Crippen LogP contribution in [0.15, 0.2) is 48.5 Å². The van der Waals surface area contributed by atoms with Crippen LogP contribution in [0.5, 0.6) is 5.75 Å². The van der Waals surface area contributed by atoms with E-state index in [0.717, 1.165) is 0 Å². The van der Waals surface area contributed by atoms with Gasteiger partial charge in [-0.05, 0) is 6.07 Å². The van der Waals surface area contributed by atoms with Crippen LogP contribution in [0.4, 0.5) is 11.4 Å². The predicted octanol–water partition coefficient (Wildman–Crippen LogP) is 2.26. The van der Waals surface area contributed by atoms with Crippen LogP contribution in [0, 0.1) is 20.2 Å². The topological polar surface area (TPSA) is 130 Å². The van der Waals surface area contributed by atoms with Crippen molar-refractivity contribution in [2.45, 2.75) is 12.5 Å². The van der Waals surface area contributed by atoms with Crippen molar-refractivity contribution in [1.82, 2.24) is 0 Å². The summed E-state index contributed by atoms with van der Waals surface area (Å²) < 4.78 is 5.16. The summed E-state index contributed by atoms with van der Waals surface area (Å²) in [6.07, 6.45) is -1.82. The molecule has 0 aliphatic rings. The van der Waals surface area contributed by atoms with E-state index in [-0.39, 0.29) is 23.3 Å². The van der Waals surface area contributed by atoms with Crippen LogP contribution in [0.1, 0.15) is 5.56 Å². The van der Waals surface area contributed by atoms with Gasteiger partial charge in [0.2, 0.25) is 6.10 Å². The highest BCUT2D eigenvalue weighted by Crippen LogP contribution is 2.27. The number of aldehydes is 1. The molecule has 9 heteroatoms. The van der Waals surface area contributed by atoms with Crippen molar-refractivity contribution in [3.63, 3.8) is 0 Å². The molecule has 9 nitrogen and oxygen atoms in total. The fourth-order valence-electron chi connectivity index (χ4n) is 2.14. The number of nitrogens with zero attached hydrogens (tertiary/aromatic N) is 2. The fourth-order valence-corrected chi connectivity index (χ4v) is 2.14. The first-order valence-corrected chi connectivity index (χ1v) is 7.04. The van der Waals surface area contributed by atoms with Crippen LogP contribution in [-0.2, 0) is 16.0 Å². The Labute approximate surface area is 141 Å². The number of Topliss-reactive ketones (excluding diaryl/α,β-unsaturated/α-hetero) is 1. The summed E-state index contributed by atoms with van der Waals surface area (Å²) in [6.45, 7) is 0. The number of hydrogen-bond donors (Lipinski definition) is 0. The number of nitro groups is 2. The van der Waals surface area contributed by atoms with Gasteiger partial charge in [-0.25, -0.2) is 0 Å². The second-order valence-electron chi connectivity index (χ2n) is 4.93. The van der Waals surface area contributed by atoms with Crippen LogP contribution in [0.25, 0.3) is 0 Å². The third-order valence-electron chi connectivity index (χ3n) is 3.31. The minimum absolute atomic E-state index is 0.121. The predicted molar refractivity (Wildman–Crippen MR) is 85.4 cm³/mol. The monoisotopic (exact) mass is 344 g/mol. The molecule has 0 amide bonds. The van der Waals surface area contributed by atoms with Gasteiger partial charge in [0.15, 0.2) is 17.8 Å². The van der Waals surface area contributed by atoms with Gasteiger partial charge in [-0.3, -0.25) is 29.8 Å². The highest BCUT2D eigenvalue weighted by Gasteiger charge is 2.26. The van der Waals surface area contributed by atoms with E-state index in [4.69, 9.17) is 4.74 Å². The standard InChI is InChI=1S/C16H12N2O7/c19-10-16(25-15-8-4-3-7-13(15)18(23)24)14(20)9-11-5-1-2-6-12(11)17(21)22/h1-8,10,16H,9H2. The molecule has 0 N–H and O–H groups in total. The van der Waals surface area contributed by atoms with E-state index in [2.05, 4.69) is 0 Å². The molecule has 2 aromatic carbocycles. The lowest BCUT2D eigenvalue weighted by Gasteiger charge is -2.12. The number of carbonyl (C=O) groups excluding carboxylic acids is 2. The largest absolute Gasteiger partial charge is 0.468 e. The van der Waals surface area contributed by atoms with Crippen LogP contribution in [-0.4, -0.2) is 28.0 Å². The number of hydrogen-bond acceptors (Lipinski definition) is 7. The molecule has 0 bridgehead atoms. The maximum Gasteiger partial charge on any atom is 0.310 e.